The summed E-state index contributed by atoms with van der Waals surface area (Å²) in [5, 5.41) is 3.20. The standard InChI is InChI=1S/C19H23ClN2O4/c20-14-6-8-15(9-7-14)21-17(23)12-26-19(25)13-10-18(24)22(11-13)16-4-2-1-3-5-16/h6-9,13,16H,1-5,10-12H2,(H,21,23)/t13-/m1/s1. The fourth-order valence-electron chi connectivity index (χ4n) is 3.62. The maximum atomic E-state index is 12.2. The lowest BCUT2D eigenvalue weighted by Crippen LogP contribution is -2.38. The summed E-state index contributed by atoms with van der Waals surface area (Å²) in [4.78, 5) is 38.2. The van der Waals surface area contributed by atoms with Crippen LogP contribution in [0.3, 0.4) is 0 Å². The van der Waals surface area contributed by atoms with Crippen molar-refractivity contribution in [3.63, 3.8) is 0 Å². The number of hydrogen-bond donors (Lipinski definition) is 1. The molecule has 7 heteroatoms. The number of esters is 1. The highest BCUT2D eigenvalue weighted by Crippen LogP contribution is 2.29. The molecule has 0 spiro atoms. The Bertz CT molecular complexity index is 671. The van der Waals surface area contributed by atoms with E-state index >= 15 is 0 Å². The van der Waals surface area contributed by atoms with Gasteiger partial charge in [-0.25, -0.2) is 0 Å². The quantitative estimate of drug-likeness (QED) is 0.799. The number of rotatable bonds is 5. The number of benzene rings is 1. The molecule has 0 unspecified atom stereocenters. The van der Waals surface area contributed by atoms with Crippen LogP contribution in [-0.2, 0) is 19.1 Å². The molecule has 2 amide bonds. The van der Waals surface area contributed by atoms with E-state index in [1.807, 2.05) is 4.90 Å². The average Bonchev–Trinajstić information content (AvgIpc) is 3.04. The first-order valence-electron chi connectivity index (χ1n) is 9.04. The third kappa shape index (κ3) is 4.75. The molecule has 6 nitrogen and oxygen atoms in total. The molecule has 3 rings (SSSR count). The van der Waals surface area contributed by atoms with Gasteiger partial charge in [0.15, 0.2) is 6.61 Å². The van der Waals surface area contributed by atoms with Crippen LogP contribution >= 0.6 is 11.6 Å². The topological polar surface area (TPSA) is 75.7 Å². The van der Waals surface area contributed by atoms with Crippen molar-refractivity contribution in [1.29, 1.82) is 0 Å². The van der Waals surface area contributed by atoms with Crippen LogP contribution in [0.5, 0.6) is 0 Å². The van der Waals surface area contributed by atoms with Crippen LogP contribution in [0.15, 0.2) is 24.3 Å². The zero-order chi connectivity index (χ0) is 18.5. The van der Waals surface area contributed by atoms with Gasteiger partial charge in [0, 0.05) is 29.7 Å². The van der Waals surface area contributed by atoms with E-state index in [0.29, 0.717) is 17.3 Å². The Balaban J connectivity index is 1.45. The molecule has 2 aliphatic rings. The number of likely N-dealkylation sites (tertiary alicyclic amines) is 1. The summed E-state index contributed by atoms with van der Waals surface area (Å²) in [6, 6.07) is 6.90. The first-order valence-corrected chi connectivity index (χ1v) is 9.42. The fourth-order valence-corrected chi connectivity index (χ4v) is 3.75. The molecule has 1 N–H and O–H groups in total. The Morgan fingerprint density at radius 3 is 2.54 bits per heavy atom. The van der Waals surface area contributed by atoms with Crippen molar-refractivity contribution in [3.05, 3.63) is 29.3 Å². The lowest BCUT2D eigenvalue weighted by Gasteiger charge is -2.31. The number of amides is 2. The van der Waals surface area contributed by atoms with E-state index < -0.39 is 17.8 Å². The van der Waals surface area contributed by atoms with Crippen molar-refractivity contribution in [2.45, 2.75) is 44.6 Å². The van der Waals surface area contributed by atoms with Crippen LogP contribution in [0.1, 0.15) is 38.5 Å². The molecule has 1 aliphatic heterocycles. The Morgan fingerprint density at radius 1 is 1.15 bits per heavy atom. The number of halogens is 1. The number of carbonyl (C=O) groups excluding carboxylic acids is 3. The van der Waals surface area contributed by atoms with Crippen LogP contribution in [0, 0.1) is 5.92 Å². The van der Waals surface area contributed by atoms with Gasteiger partial charge in [-0.3, -0.25) is 14.4 Å². The van der Waals surface area contributed by atoms with Gasteiger partial charge in [-0.1, -0.05) is 30.9 Å². The molecule has 26 heavy (non-hydrogen) atoms. The van der Waals surface area contributed by atoms with Gasteiger partial charge in [-0.15, -0.1) is 0 Å². The summed E-state index contributed by atoms with van der Waals surface area (Å²) in [5.41, 5.74) is 0.579. The molecule has 1 aromatic rings. The van der Waals surface area contributed by atoms with E-state index in [9.17, 15) is 14.4 Å². The van der Waals surface area contributed by atoms with Gasteiger partial charge in [-0.05, 0) is 37.1 Å². The molecule has 2 fully saturated rings. The maximum absolute atomic E-state index is 12.2. The minimum atomic E-state index is -0.483. The normalized spacial score (nSPS) is 20.9. The minimum absolute atomic E-state index is 0.0180. The van der Waals surface area contributed by atoms with Crippen molar-refractivity contribution in [2.24, 2.45) is 5.92 Å². The van der Waals surface area contributed by atoms with Crippen LogP contribution < -0.4 is 5.32 Å². The zero-order valence-corrected chi connectivity index (χ0v) is 15.3. The second kappa shape index (κ2) is 8.54. The number of carbonyl (C=O) groups is 3. The van der Waals surface area contributed by atoms with E-state index in [1.165, 1.54) is 6.42 Å². The van der Waals surface area contributed by atoms with Gasteiger partial charge in [0.05, 0.1) is 5.92 Å². The maximum Gasteiger partial charge on any atom is 0.311 e. The highest BCUT2D eigenvalue weighted by atomic mass is 35.5. The largest absolute Gasteiger partial charge is 0.455 e. The van der Waals surface area contributed by atoms with Gasteiger partial charge in [0.25, 0.3) is 5.91 Å². The number of hydrogen-bond acceptors (Lipinski definition) is 4. The number of nitrogens with zero attached hydrogens (tertiary/aromatic N) is 1. The monoisotopic (exact) mass is 378 g/mol. The molecule has 140 valence electrons. The summed E-state index contributed by atoms with van der Waals surface area (Å²) < 4.78 is 5.11. The number of anilines is 1. The molecule has 0 bridgehead atoms. The molecule has 0 aromatic heterocycles. The lowest BCUT2D eigenvalue weighted by molar-refractivity contribution is -0.151. The SMILES string of the molecule is O=C(COC(=O)[C@@H]1CC(=O)N(C2CCCCC2)C1)Nc1ccc(Cl)cc1. The summed E-state index contributed by atoms with van der Waals surface area (Å²) in [6.45, 7) is 0.0384. The first kappa shape index (κ1) is 18.7. The predicted molar refractivity (Wildman–Crippen MR) is 97.7 cm³/mol. The first-order chi connectivity index (χ1) is 12.5. The van der Waals surface area contributed by atoms with Gasteiger partial charge in [-0.2, -0.15) is 0 Å². The second-order valence-corrected chi connectivity index (χ2v) is 7.34. The van der Waals surface area contributed by atoms with E-state index in [1.54, 1.807) is 24.3 Å². The summed E-state index contributed by atoms with van der Waals surface area (Å²) in [5.74, 6) is -1.37. The fraction of sp³-hybridized carbons (Fsp3) is 0.526. The average molecular weight is 379 g/mol. The summed E-state index contributed by atoms with van der Waals surface area (Å²) in [7, 11) is 0. The Labute approximate surface area is 157 Å². The van der Waals surface area contributed by atoms with Crippen LogP contribution in [0.25, 0.3) is 0 Å². The van der Waals surface area contributed by atoms with E-state index in [2.05, 4.69) is 5.32 Å². The molecule has 1 saturated heterocycles. The Hall–Kier alpha value is -2.08. The summed E-state index contributed by atoms with van der Waals surface area (Å²) in [6.07, 6.45) is 5.68. The van der Waals surface area contributed by atoms with Crippen molar-refractivity contribution in [3.8, 4) is 0 Å². The van der Waals surface area contributed by atoms with Crippen LogP contribution in [-0.4, -0.2) is 41.9 Å². The Kier molecular flexibility index (Phi) is 6.14. The van der Waals surface area contributed by atoms with E-state index in [-0.39, 0.29) is 25.0 Å². The van der Waals surface area contributed by atoms with Gasteiger partial charge < -0.3 is 15.0 Å². The van der Waals surface area contributed by atoms with Crippen molar-refractivity contribution < 1.29 is 19.1 Å². The third-order valence-corrected chi connectivity index (χ3v) is 5.23. The van der Waals surface area contributed by atoms with E-state index in [0.717, 1.165) is 25.7 Å². The highest BCUT2D eigenvalue weighted by molar-refractivity contribution is 6.30. The van der Waals surface area contributed by atoms with Gasteiger partial charge >= 0.3 is 5.97 Å². The summed E-state index contributed by atoms with van der Waals surface area (Å²) >= 11 is 5.79. The van der Waals surface area contributed by atoms with Crippen LogP contribution in [0.2, 0.25) is 5.02 Å². The predicted octanol–water partition coefficient (Wildman–Crippen LogP) is 3.00. The lowest BCUT2D eigenvalue weighted by atomic mass is 9.94. The van der Waals surface area contributed by atoms with Gasteiger partial charge in [0.1, 0.15) is 0 Å². The molecular weight excluding hydrogens is 356 g/mol. The molecule has 0 radical (unpaired) electrons. The smallest absolute Gasteiger partial charge is 0.311 e. The van der Waals surface area contributed by atoms with Crippen LogP contribution in [0.4, 0.5) is 5.69 Å². The zero-order valence-electron chi connectivity index (χ0n) is 14.6. The second-order valence-electron chi connectivity index (χ2n) is 6.90. The minimum Gasteiger partial charge on any atom is -0.455 e. The molecule has 1 atom stereocenters. The Morgan fingerprint density at radius 2 is 1.85 bits per heavy atom. The molecule has 1 aromatic carbocycles. The third-order valence-electron chi connectivity index (χ3n) is 4.98. The number of ether oxygens (including phenoxy) is 1. The van der Waals surface area contributed by atoms with Crippen molar-refractivity contribution >= 4 is 35.1 Å². The van der Waals surface area contributed by atoms with Crippen molar-refractivity contribution in [1.82, 2.24) is 4.90 Å². The van der Waals surface area contributed by atoms with Gasteiger partial charge in [0.2, 0.25) is 5.91 Å². The highest BCUT2D eigenvalue weighted by Gasteiger charge is 2.39. The number of nitrogens with one attached hydrogen (secondary N) is 1. The molecular formula is C19H23ClN2O4. The molecule has 1 aliphatic carbocycles. The van der Waals surface area contributed by atoms with Crippen molar-refractivity contribution in [2.75, 3.05) is 18.5 Å². The van der Waals surface area contributed by atoms with E-state index in [4.69, 9.17) is 16.3 Å². The molecule has 1 saturated carbocycles. The molecule has 1 heterocycles.